The number of ketones is 1. The zero-order valence-electron chi connectivity index (χ0n) is 12.2. The van der Waals surface area contributed by atoms with Gasteiger partial charge in [-0.2, -0.15) is 0 Å². The molecule has 0 saturated carbocycles. The minimum Gasteiger partial charge on any atom is -0.362 e. The maximum atomic E-state index is 11.2. The monoisotopic (exact) mass is 332 g/mol. The molecule has 0 aliphatic rings. The van der Waals surface area contributed by atoms with Crippen LogP contribution in [0.1, 0.15) is 22.8 Å². The highest BCUT2D eigenvalue weighted by molar-refractivity contribution is 7.80. The van der Waals surface area contributed by atoms with Crippen LogP contribution in [0.15, 0.2) is 48.5 Å². The minimum atomic E-state index is 0.0481. The second kappa shape index (κ2) is 7.92. The molecule has 3 nitrogen and oxygen atoms in total. The summed E-state index contributed by atoms with van der Waals surface area (Å²) in [7, 11) is 0. The van der Waals surface area contributed by atoms with Gasteiger partial charge in [0.1, 0.15) is 0 Å². The number of hydrogen-bond donors (Lipinski definition) is 2. The van der Waals surface area contributed by atoms with E-state index in [9.17, 15) is 4.79 Å². The highest BCUT2D eigenvalue weighted by Crippen LogP contribution is 2.15. The van der Waals surface area contributed by atoms with E-state index in [-0.39, 0.29) is 5.78 Å². The average molecular weight is 333 g/mol. The maximum Gasteiger partial charge on any atom is 0.170 e. The normalized spacial score (nSPS) is 10.1. The fraction of sp³-hybridized carbons (Fsp3) is 0.176. The number of thiocarbonyl (C=S) groups is 1. The first-order valence-electron chi connectivity index (χ1n) is 6.95. The molecule has 5 heteroatoms. The van der Waals surface area contributed by atoms with Crippen LogP contribution in [0.2, 0.25) is 5.02 Å². The molecule has 0 atom stereocenters. The van der Waals surface area contributed by atoms with Gasteiger partial charge < -0.3 is 10.6 Å². The first kappa shape index (κ1) is 16.5. The van der Waals surface area contributed by atoms with Gasteiger partial charge in [-0.05, 0) is 61.5 Å². The molecule has 0 aromatic heterocycles. The second-order valence-electron chi connectivity index (χ2n) is 4.86. The van der Waals surface area contributed by atoms with Crippen LogP contribution in [0.4, 0.5) is 5.69 Å². The molecular weight excluding hydrogens is 316 g/mol. The van der Waals surface area contributed by atoms with E-state index in [0.717, 1.165) is 22.7 Å². The van der Waals surface area contributed by atoms with Crippen molar-refractivity contribution in [2.24, 2.45) is 0 Å². The lowest BCUT2D eigenvalue weighted by Crippen LogP contribution is -2.30. The van der Waals surface area contributed by atoms with Crippen molar-refractivity contribution in [2.75, 3.05) is 11.9 Å². The van der Waals surface area contributed by atoms with Crippen molar-refractivity contribution in [1.82, 2.24) is 5.32 Å². The molecule has 2 aromatic carbocycles. The fourth-order valence-corrected chi connectivity index (χ4v) is 2.43. The Morgan fingerprint density at radius 3 is 2.45 bits per heavy atom. The highest BCUT2D eigenvalue weighted by Gasteiger charge is 2.02. The van der Waals surface area contributed by atoms with E-state index in [4.69, 9.17) is 23.8 Å². The number of halogens is 1. The number of nitrogens with one attached hydrogen (secondary N) is 2. The average Bonchev–Trinajstić information content (AvgIpc) is 2.50. The van der Waals surface area contributed by atoms with Gasteiger partial charge in [-0.15, -0.1) is 0 Å². The Kier molecular flexibility index (Phi) is 5.92. The van der Waals surface area contributed by atoms with Crippen molar-refractivity contribution in [3.8, 4) is 0 Å². The number of benzene rings is 2. The van der Waals surface area contributed by atoms with Gasteiger partial charge in [0.15, 0.2) is 10.9 Å². The van der Waals surface area contributed by atoms with Gasteiger partial charge >= 0.3 is 0 Å². The molecule has 0 radical (unpaired) electrons. The lowest BCUT2D eigenvalue weighted by atomic mass is 10.1. The molecule has 0 fully saturated rings. The number of hydrogen-bond acceptors (Lipinski definition) is 2. The molecule has 2 N–H and O–H groups in total. The number of carbonyl (C=O) groups excluding carboxylic acids is 1. The number of Topliss-reactive ketones (excluding diaryl/α,β-unsaturated/α-hetero) is 1. The molecule has 0 aliphatic carbocycles. The quantitative estimate of drug-likeness (QED) is 0.639. The van der Waals surface area contributed by atoms with Gasteiger partial charge in [-0.1, -0.05) is 29.8 Å². The lowest BCUT2D eigenvalue weighted by molar-refractivity contribution is 0.101. The zero-order chi connectivity index (χ0) is 15.9. The SMILES string of the molecule is CC(=O)c1ccc(NC(=S)NCCc2ccccc2Cl)cc1. The molecule has 0 amide bonds. The summed E-state index contributed by atoms with van der Waals surface area (Å²) in [6, 6.07) is 15.0. The predicted octanol–water partition coefficient (Wildman–Crippen LogP) is 4.07. The Labute approximate surface area is 140 Å². The smallest absolute Gasteiger partial charge is 0.170 e. The summed E-state index contributed by atoms with van der Waals surface area (Å²) >= 11 is 11.4. The Hall–Kier alpha value is -1.91. The molecule has 0 aliphatic heterocycles. The van der Waals surface area contributed by atoms with Gasteiger partial charge in [0, 0.05) is 22.8 Å². The summed E-state index contributed by atoms with van der Waals surface area (Å²) in [6.07, 6.45) is 0.796. The molecule has 0 saturated heterocycles. The molecular formula is C17H17ClN2OS. The zero-order valence-corrected chi connectivity index (χ0v) is 13.8. The Morgan fingerprint density at radius 1 is 1.14 bits per heavy atom. The van der Waals surface area contributed by atoms with Crippen molar-refractivity contribution in [2.45, 2.75) is 13.3 Å². The van der Waals surface area contributed by atoms with Crippen LogP contribution in [-0.4, -0.2) is 17.4 Å². The van der Waals surface area contributed by atoms with Crippen molar-refractivity contribution in [3.63, 3.8) is 0 Å². The third-order valence-corrected chi connectivity index (χ3v) is 3.80. The van der Waals surface area contributed by atoms with Crippen molar-refractivity contribution in [3.05, 3.63) is 64.7 Å². The highest BCUT2D eigenvalue weighted by atomic mass is 35.5. The van der Waals surface area contributed by atoms with Crippen molar-refractivity contribution in [1.29, 1.82) is 0 Å². The molecule has 2 aromatic rings. The molecule has 2 rings (SSSR count). The summed E-state index contributed by atoms with van der Waals surface area (Å²) < 4.78 is 0. The van der Waals surface area contributed by atoms with E-state index in [0.29, 0.717) is 17.2 Å². The third-order valence-electron chi connectivity index (χ3n) is 3.19. The number of rotatable bonds is 5. The van der Waals surface area contributed by atoms with Gasteiger partial charge in [0.25, 0.3) is 0 Å². The molecule has 114 valence electrons. The number of anilines is 1. The Balaban J connectivity index is 1.80. The van der Waals surface area contributed by atoms with Crippen LogP contribution in [0, 0.1) is 0 Å². The van der Waals surface area contributed by atoms with Gasteiger partial charge in [-0.25, -0.2) is 0 Å². The minimum absolute atomic E-state index is 0.0481. The predicted molar refractivity (Wildman–Crippen MR) is 95.8 cm³/mol. The van der Waals surface area contributed by atoms with E-state index in [1.165, 1.54) is 0 Å². The first-order valence-corrected chi connectivity index (χ1v) is 7.74. The van der Waals surface area contributed by atoms with E-state index < -0.39 is 0 Å². The van der Waals surface area contributed by atoms with Crippen LogP contribution >= 0.6 is 23.8 Å². The van der Waals surface area contributed by atoms with Gasteiger partial charge in [0.2, 0.25) is 0 Å². The maximum absolute atomic E-state index is 11.2. The van der Waals surface area contributed by atoms with Crippen LogP contribution in [0.25, 0.3) is 0 Å². The van der Waals surface area contributed by atoms with Crippen molar-refractivity contribution < 1.29 is 4.79 Å². The molecule has 22 heavy (non-hydrogen) atoms. The van der Waals surface area contributed by atoms with Gasteiger partial charge in [0.05, 0.1) is 0 Å². The summed E-state index contributed by atoms with van der Waals surface area (Å²) in [5, 5.41) is 7.53. The summed E-state index contributed by atoms with van der Waals surface area (Å²) in [6.45, 7) is 2.24. The topological polar surface area (TPSA) is 41.1 Å². The van der Waals surface area contributed by atoms with Gasteiger partial charge in [-0.3, -0.25) is 4.79 Å². The summed E-state index contributed by atoms with van der Waals surface area (Å²) in [4.78, 5) is 11.2. The van der Waals surface area contributed by atoms with E-state index in [1.54, 1.807) is 19.1 Å². The standard InChI is InChI=1S/C17H17ClN2OS/c1-12(21)13-6-8-15(9-7-13)20-17(22)19-11-10-14-4-2-3-5-16(14)18/h2-9H,10-11H2,1H3,(H2,19,20,22). The Morgan fingerprint density at radius 2 is 1.82 bits per heavy atom. The van der Waals surface area contributed by atoms with Crippen LogP contribution in [-0.2, 0) is 6.42 Å². The van der Waals surface area contributed by atoms with Crippen LogP contribution in [0.3, 0.4) is 0 Å². The summed E-state index contributed by atoms with van der Waals surface area (Å²) in [5.74, 6) is 0.0481. The molecule has 0 unspecified atom stereocenters. The van der Waals surface area contributed by atoms with Crippen LogP contribution < -0.4 is 10.6 Å². The summed E-state index contributed by atoms with van der Waals surface area (Å²) in [5.41, 5.74) is 2.62. The first-order chi connectivity index (χ1) is 10.6. The van der Waals surface area contributed by atoms with E-state index in [2.05, 4.69) is 10.6 Å². The fourth-order valence-electron chi connectivity index (χ4n) is 1.98. The van der Waals surface area contributed by atoms with Crippen molar-refractivity contribution >= 4 is 40.4 Å². The third kappa shape index (κ3) is 4.83. The largest absolute Gasteiger partial charge is 0.362 e. The Bertz CT molecular complexity index is 671. The molecule has 0 bridgehead atoms. The lowest BCUT2D eigenvalue weighted by Gasteiger charge is -2.11. The molecule has 0 spiro atoms. The van der Waals surface area contributed by atoms with E-state index in [1.807, 2.05) is 36.4 Å². The van der Waals surface area contributed by atoms with E-state index >= 15 is 0 Å². The second-order valence-corrected chi connectivity index (χ2v) is 5.67. The molecule has 0 heterocycles. The van der Waals surface area contributed by atoms with Crippen LogP contribution in [0.5, 0.6) is 0 Å². The number of carbonyl (C=O) groups is 1.